The van der Waals surface area contributed by atoms with Crippen LogP contribution in [0.3, 0.4) is 0 Å². The minimum atomic E-state index is 0.480. The van der Waals surface area contributed by atoms with E-state index in [0.29, 0.717) is 5.41 Å². The van der Waals surface area contributed by atoms with Gasteiger partial charge in [-0.1, -0.05) is 68.2 Å². The zero-order valence-electron chi connectivity index (χ0n) is 11.1. The molecule has 0 N–H and O–H groups in total. The highest BCUT2D eigenvalue weighted by Crippen LogP contribution is 2.30. The topological polar surface area (TPSA) is 0 Å². The molecule has 13 heavy (non-hydrogen) atoms. The molecule has 0 rings (SSSR count). The van der Waals surface area contributed by atoms with E-state index in [1.807, 2.05) is 0 Å². The number of hydrogen-bond acceptors (Lipinski definition) is 0. The molecular formula is C13H30. The molecule has 0 amide bonds. The zero-order valence-corrected chi connectivity index (χ0v) is 11.1. The van der Waals surface area contributed by atoms with Crippen LogP contribution in [0.25, 0.3) is 0 Å². The maximum atomic E-state index is 2.32. The zero-order chi connectivity index (χ0) is 11.1. The maximum Gasteiger partial charge on any atom is -0.0354 e. The Morgan fingerprint density at radius 2 is 1.15 bits per heavy atom. The fourth-order valence-corrected chi connectivity index (χ4v) is 1.00. The van der Waals surface area contributed by atoms with Gasteiger partial charge in [0.1, 0.15) is 0 Å². The Morgan fingerprint density at radius 3 is 1.15 bits per heavy atom. The molecule has 0 aromatic rings. The van der Waals surface area contributed by atoms with Gasteiger partial charge in [-0.05, 0) is 17.3 Å². The molecule has 0 aliphatic carbocycles. The minimum Gasteiger partial charge on any atom is -0.0654 e. The monoisotopic (exact) mass is 186 g/mol. The standard InChI is InChI=1S/C9H20.C4H10/c1-7(2)8(3)9(4,5)6;1-3-4-2/h7-8H,1-6H3;3-4H2,1-2H3. The van der Waals surface area contributed by atoms with E-state index in [9.17, 15) is 0 Å². The summed E-state index contributed by atoms with van der Waals surface area (Å²) in [7, 11) is 0. The summed E-state index contributed by atoms with van der Waals surface area (Å²) in [5.41, 5.74) is 0.480. The molecule has 0 aliphatic heterocycles. The SMILES string of the molecule is CC(C)C(C)C(C)(C)C.CCCC. The molecule has 0 aromatic heterocycles. The van der Waals surface area contributed by atoms with Gasteiger partial charge in [0, 0.05) is 0 Å². The number of hydrogen-bond donors (Lipinski definition) is 0. The van der Waals surface area contributed by atoms with Crippen molar-refractivity contribution in [2.45, 2.75) is 68.2 Å². The highest BCUT2D eigenvalue weighted by molar-refractivity contribution is 4.71. The summed E-state index contributed by atoms with van der Waals surface area (Å²) in [6.07, 6.45) is 2.64. The first-order valence-corrected chi connectivity index (χ1v) is 5.77. The second-order valence-electron chi connectivity index (χ2n) is 5.40. The molecule has 0 heterocycles. The van der Waals surface area contributed by atoms with Crippen LogP contribution in [0.4, 0.5) is 0 Å². The van der Waals surface area contributed by atoms with E-state index in [2.05, 4.69) is 55.4 Å². The summed E-state index contributed by atoms with van der Waals surface area (Å²) < 4.78 is 0. The van der Waals surface area contributed by atoms with Crippen molar-refractivity contribution in [3.05, 3.63) is 0 Å². The quantitative estimate of drug-likeness (QED) is 0.561. The van der Waals surface area contributed by atoms with E-state index in [0.717, 1.165) is 11.8 Å². The van der Waals surface area contributed by atoms with E-state index in [1.165, 1.54) is 12.8 Å². The lowest BCUT2D eigenvalue weighted by atomic mass is 9.76. The van der Waals surface area contributed by atoms with E-state index < -0.39 is 0 Å². The second-order valence-corrected chi connectivity index (χ2v) is 5.40. The van der Waals surface area contributed by atoms with Crippen LogP contribution >= 0.6 is 0 Å². The van der Waals surface area contributed by atoms with Gasteiger partial charge >= 0.3 is 0 Å². The fraction of sp³-hybridized carbons (Fsp3) is 1.00. The molecule has 0 radical (unpaired) electrons. The van der Waals surface area contributed by atoms with E-state index in [4.69, 9.17) is 0 Å². The Bertz CT molecular complexity index is 93.1. The second kappa shape index (κ2) is 7.41. The highest BCUT2D eigenvalue weighted by atomic mass is 14.3. The first-order chi connectivity index (χ1) is 5.77. The van der Waals surface area contributed by atoms with Crippen molar-refractivity contribution < 1.29 is 0 Å². The Hall–Kier alpha value is 0. The Kier molecular flexibility index (Phi) is 8.82. The van der Waals surface area contributed by atoms with Crippen LogP contribution in [0, 0.1) is 17.3 Å². The third kappa shape index (κ3) is 9.92. The predicted molar refractivity (Wildman–Crippen MR) is 64.0 cm³/mol. The summed E-state index contributed by atoms with van der Waals surface area (Å²) in [6.45, 7) is 18.2. The van der Waals surface area contributed by atoms with Crippen molar-refractivity contribution in [3.63, 3.8) is 0 Å². The van der Waals surface area contributed by atoms with Crippen molar-refractivity contribution in [1.29, 1.82) is 0 Å². The van der Waals surface area contributed by atoms with Crippen molar-refractivity contribution in [1.82, 2.24) is 0 Å². The highest BCUT2D eigenvalue weighted by Gasteiger charge is 2.22. The molecule has 82 valence electrons. The maximum absolute atomic E-state index is 2.32. The van der Waals surface area contributed by atoms with Gasteiger partial charge < -0.3 is 0 Å². The molecule has 0 nitrogen and oxygen atoms in total. The van der Waals surface area contributed by atoms with Crippen LogP contribution in [-0.2, 0) is 0 Å². The molecule has 1 unspecified atom stereocenters. The van der Waals surface area contributed by atoms with Crippen LogP contribution < -0.4 is 0 Å². The average molecular weight is 186 g/mol. The van der Waals surface area contributed by atoms with Crippen molar-refractivity contribution >= 4 is 0 Å². The van der Waals surface area contributed by atoms with Crippen molar-refractivity contribution in [3.8, 4) is 0 Å². The van der Waals surface area contributed by atoms with Crippen LogP contribution in [-0.4, -0.2) is 0 Å². The fourth-order valence-electron chi connectivity index (χ4n) is 1.00. The molecule has 0 aromatic carbocycles. The largest absolute Gasteiger partial charge is 0.0654 e. The number of unbranched alkanes of at least 4 members (excludes halogenated alkanes) is 1. The third-order valence-electron chi connectivity index (χ3n) is 2.87. The van der Waals surface area contributed by atoms with Gasteiger partial charge in [-0.3, -0.25) is 0 Å². The van der Waals surface area contributed by atoms with Gasteiger partial charge in [-0.15, -0.1) is 0 Å². The molecule has 0 saturated carbocycles. The summed E-state index contributed by atoms with van der Waals surface area (Å²) in [4.78, 5) is 0. The number of rotatable bonds is 2. The molecule has 0 aliphatic rings. The molecule has 0 fully saturated rings. The van der Waals surface area contributed by atoms with Gasteiger partial charge in [0.2, 0.25) is 0 Å². The van der Waals surface area contributed by atoms with Gasteiger partial charge in [0.25, 0.3) is 0 Å². The Balaban J connectivity index is 0. The smallest absolute Gasteiger partial charge is 0.0354 e. The van der Waals surface area contributed by atoms with Crippen LogP contribution in [0.5, 0.6) is 0 Å². The van der Waals surface area contributed by atoms with Gasteiger partial charge in [0.05, 0.1) is 0 Å². The Labute approximate surface area is 86.1 Å². The van der Waals surface area contributed by atoms with Crippen LogP contribution in [0.2, 0.25) is 0 Å². The third-order valence-corrected chi connectivity index (χ3v) is 2.87. The summed E-state index contributed by atoms with van der Waals surface area (Å²) >= 11 is 0. The summed E-state index contributed by atoms with van der Waals surface area (Å²) in [5, 5.41) is 0. The Morgan fingerprint density at radius 1 is 0.846 bits per heavy atom. The summed E-state index contributed by atoms with van der Waals surface area (Å²) in [5.74, 6) is 1.63. The minimum absolute atomic E-state index is 0.480. The molecule has 0 saturated heterocycles. The van der Waals surface area contributed by atoms with E-state index >= 15 is 0 Å². The van der Waals surface area contributed by atoms with Gasteiger partial charge in [-0.2, -0.15) is 0 Å². The van der Waals surface area contributed by atoms with Gasteiger partial charge in [0.15, 0.2) is 0 Å². The molecule has 0 spiro atoms. The lowest BCUT2D eigenvalue weighted by molar-refractivity contribution is 0.199. The first kappa shape index (κ1) is 15.5. The molecule has 0 heteroatoms. The average Bonchev–Trinajstić information content (AvgIpc) is 2.02. The predicted octanol–water partition coefficient (Wildman–Crippen LogP) is 5.13. The van der Waals surface area contributed by atoms with Crippen LogP contribution in [0.1, 0.15) is 68.2 Å². The summed E-state index contributed by atoms with van der Waals surface area (Å²) in [6, 6.07) is 0. The van der Waals surface area contributed by atoms with Gasteiger partial charge in [-0.25, -0.2) is 0 Å². The van der Waals surface area contributed by atoms with Crippen molar-refractivity contribution in [2.75, 3.05) is 0 Å². The van der Waals surface area contributed by atoms with Crippen molar-refractivity contribution in [2.24, 2.45) is 17.3 Å². The lowest BCUT2D eigenvalue weighted by Gasteiger charge is -2.30. The molecule has 1 atom stereocenters. The molecular weight excluding hydrogens is 156 g/mol. The van der Waals surface area contributed by atoms with E-state index in [-0.39, 0.29) is 0 Å². The van der Waals surface area contributed by atoms with Crippen LogP contribution in [0.15, 0.2) is 0 Å². The van der Waals surface area contributed by atoms with E-state index in [1.54, 1.807) is 0 Å². The lowest BCUT2D eigenvalue weighted by Crippen LogP contribution is -2.21. The first-order valence-electron chi connectivity index (χ1n) is 5.77. The molecule has 0 bridgehead atoms. The normalized spacial score (nSPS) is 13.6.